The third kappa shape index (κ3) is 3.79. The molecule has 0 unspecified atom stereocenters. The van der Waals surface area contributed by atoms with Crippen molar-refractivity contribution >= 4 is 50.9 Å². The molecule has 102 valence electrons. The molecule has 0 radical (unpaired) electrons. The molecule has 2 rings (SSSR count). The molecule has 0 bridgehead atoms. The molecular weight excluding hydrogens is 342 g/mol. The number of rotatable bonds is 4. The fourth-order valence-corrected chi connectivity index (χ4v) is 2.94. The Kier molecular flexibility index (Phi) is 4.70. The fraction of sp³-hybridized carbons (Fsp3) is 0. The van der Waals surface area contributed by atoms with E-state index in [1.807, 2.05) is 11.4 Å². The smallest absolute Gasteiger partial charge is 0.328 e. The van der Waals surface area contributed by atoms with Crippen LogP contribution in [0.25, 0.3) is 6.08 Å². The van der Waals surface area contributed by atoms with Crippen LogP contribution in [-0.4, -0.2) is 17.0 Å². The monoisotopic (exact) mass is 351 g/mol. The van der Waals surface area contributed by atoms with Crippen molar-refractivity contribution in [1.29, 1.82) is 0 Å². The van der Waals surface area contributed by atoms with Crippen molar-refractivity contribution in [3.8, 4) is 0 Å². The van der Waals surface area contributed by atoms with Gasteiger partial charge in [0.25, 0.3) is 5.91 Å². The summed E-state index contributed by atoms with van der Waals surface area (Å²) in [6.07, 6.45) is 2.56. The molecule has 2 aromatic rings. The van der Waals surface area contributed by atoms with Gasteiger partial charge in [0, 0.05) is 16.2 Å². The molecule has 0 aliphatic heterocycles. The molecule has 4 nitrogen and oxygen atoms in total. The third-order valence-corrected chi connectivity index (χ3v) is 4.25. The summed E-state index contributed by atoms with van der Waals surface area (Å²) in [5.41, 5.74) is 1.41. The minimum absolute atomic E-state index is 0.180. The molecule has 0 fully saturated rings. The van der Waals surface area contributed by atoms with Crippen LogP contribution in [0.4, 0.5) is 5.69 Å². The van der Waals surface area contributed by atoms with Crippen molar-refractivity contribution in [1.82, 2.24) is 0 Å². The topological polar surface area (TPSA) is 66.4 Å². The van der Waals surface area contributed by atoms with Gasteiger partial charge in [-0.1, -0.05) is 12.1 Å². The van der Waals surface area contributed by atoms with Crippen molar-refractivity contribution < 1.29 is 14.7 Å². The van der Waals surface area contributed by atoms with E-state index in [9.17, 15) is 9.59 Å². The SMILES string of the molecule is O=C(O)C=Cc1ccc(NC(=O)c2sccc2Br)cc1. The van der Waals surface area contributed by atoms with Crippen molar-refractivity contribution in [3.05, 3.63) is 56.7 Å². The summed E-state index contributed by atoms with van der Waals surface area (Å²) in [6.45, 7) is 0. The van der Waals surface area contributed by atoms with Gasteiger partial charge in [0.15, 0.2) is 0 Å². The quantitative estimate of drug-likeness (QED) is 0.821. The van der Waals surface area contributed by atoms with Gasteiger partial charge in [-0.25, -0.2) is 4.79 Å². The number of thiophene rings is 1. The average Bonchev–Trinajstić information content (AvgIpc) is 2.84. The van der Waals surface area contributed by atoms with Crippen LogP contribution < -0.4 is 5.32 Å². The summed E-state index contributed by atoms with van der Waals surface area (Å²) < 4.78 is 0.765. The lowest BCUT2D eigenvalue weighted by atomic mass is 10.2. The molecule has 1 heterocycles. The maximum Gasteiger partial charge on any atom is 0.328 e. The lowest BCUT2D eigenvalue weighted by molar-refractivity contribution is -0.131. The normalized spacial score (nSPS) is 10.7. The first-order chi connectivity index (χ1) is 9.56. The van der Waals surface area contributed by atoms with E-state index in [4.69, 9.17) is 5.11 Å². The number of carbonyl (C=O) groups is 2. The number of nitrogens with one attached hydrogen (secondary N) is 1. The molecule has 1 aromatic carbocycles. The van der Waals surface area contributed by atoms with E-state index in [1.54, 1.807) is 24.3 Å². The predicted octanol–water partition coefficient (Wildman–Crippen LogP) is 3.86. The number of benzene rings is 1. The summed E-state index contributed by atoms with van der Waals surface area (Å²) in [5, 5.41) is 13.1. The molecule has 0 atom stereocenters. The Labute approximate surface area is 127 Å². The van der Waals surface area contributed by atoms with Gasteiger partial charge in [0.1, 0.15) is 4.88 Å². The van der Waals surface area contributed by atoms with Gasteiger partial charge < -0.3 is 10.4 Å². The number of carbonyl (C=O) groups excluding carboxylic acids is 1. The Morgan fingerprint density at radius 2 is 1.90 bits per heavy atom. The maximum absolute atomic E-state index is 12.0. The van der Waals surface area contributed by atoms with Crippen molar-refractivity contribution in [2.45, 2.75) is 0 Å². The molecule has 2 N–H and O–H groups in total. The number of anilines is 1. The predicted molar refractivity (Wildman–Crippen MR) is 83.1 cm³/mol. The van der Waals surface area contributed by atoms with Crippen LogP contribution in [0.3, 0.4) is 0 Å². The van der Waals surface area contributed by atoms with E-state index in [1.165, 1.54) is 17.4 Å². The van der Waals surface area contributed by atoms with E-state index in [0.717, 1.165) is 16.1 Å². The summed E-state index contributed by atoms with van der Waals surface area (Å²) in [4.78, 5) is 23.0. The second-order valence-electron chi connectivity index (χ2n) is 3.85. The minimum atomic E-state index is -0.995. The van der Waals surface area contributed by atoms with Gasteiger partial charge in [-0.15, -0.1) is 11.3 Å². The highest BCUT2D eigenvalue weighted by molar-refractivity contribution is 9.10. The van der Waals surface area contributed by atoms with Crippen molar-refractivity contribution in [3.63, 3.8) is 0 Å². The summed E-state index contributed by atoms with van der Waals surface area (Å²) in [6, 6.07) is 8.73. The van der Waals surface area contributed by atoms with Crippen LogP contribution in [0.2, 0.25) is 0 Å². The zero-order valence-electron chi connectivity index (χ0n) is 10.2. The lowest BCUT2D eigenvalue weighted by Gasteiger charge is -2.04. The Morgan fingerprint density at radius 3 is 2.45 bits per heavy atom. The number of hydrogen-bond donors (Lipinski definition) is 2. The van der Waals surface area contributed by atoms with Crippen molar-refractivity contribution in [2.24, 2.45) is 0 Å². The fourth-order valence-electron chi connectivity index (χ4n) is 1.49. The van der Waals surface area contributed by atoms with Crippen LogP contribution in [0.1, 0.15) is 15.2 Å². The maximum atomic E-state index is 12.0. The Hall–Kier alpha value is -1.92. The second-order valence-corrected chi connectivity index (χ2v) is 5.62. The Bertz CT molecular complexity index is 661. The minimum Gasteiger partial charge on any atom is -0.478 e. The second kappa shape index (κ2) is 6.49. The van der Waals surface area contributed by atoms with Gasteiger partial charge >= 0.3 is 5.97 Å². The molecule has 1 aromatic heterocycles. The van der Waals surface area contributed by atoms with E-state index in [2.05, 4.69) is 21.2 Å². The van der Waals surface area contributed by atoms with Crippen LogP contribution in [0.15, 0.2) is 46.3 Å². The van der Waals surface area contributed by atoms with Crippen LogP contribution in [-0.2, 0) is 4.79 Å². The van der Waals surface area contributed by atoms with Gasteiger partial charge in [-0.3, -0.25) is 4.79 Å². The molecule has 0 saturated heterocycles. The average molecular weight is 352 g/mol. The van der Waals surface area contributed by atoms with Gasteiger partial charge in [-0.05, 0) is 51.1 Å². The first-order valence-corrected chi connectivity index (χ1v) is 7.29. The lowest BCUT2D eigenvalue weighted by Crippen LogP contribution is -2.10. The van der Waals surface area contributed by atoms with E-state index in [0.29, 0.717) is 10.6 Å². The highest BCUT2D eigenvalue weighted by Crippen LogP contribution is 2.23. The molecule has 0 spiro atoms. The number of carboxylic acid groups (broad SMARTS) is 1. The molecular formula is C14H10BrNO3S. The molecule has 0 aliphatic rings. The highest BCUT2D eigenvalue weighted by Gasteiger charge is 2.11. The van der Waals surface area contributed by atoms with E-state index < -0.39 is 5.97 Å². The Balaban J connectivity index is 2.06. The number of amides is 1. The molecule has 0 saturated carbocycles. The first-order valence-electron chi connectivity index (χ1n) is 5.61. The number of aliphatic carboxylic acids is 1. The van der Waals surface area contributed by atoms with Crippen LogP contribution in [0.5, 0.6) is 0 Å². The van der Waals surface area contributed by atoms with Crippen LogP contribution in [0, 0.1) is 0 Å². The van der Waals surface area contributed by atoms with E-state index in [-0.39, 0.29) is 5.91 Å². The number of carboxylic acids is 1. The highest BCUT2D eigenvalue weighted by atomic mass is 79.9. The first kappa shape index (κ1) is 14.5. The zero-order chi connectivity index (χ0) is 14.5. The third-order valence-electron chi connectivity index (χ3n) is 2.41. The molecule has 0 aliphatic carbocycles. The standard InChI is InChI=1S/C14H10BrNO3S/c15-11-7-8-20-13(11)14(19)16-10-4-1-9(2-5-10)3-6-12(17)18/h1-8H,(H,16,19)(H,17,18). The summed E-state index contributed by atoms with van der Waals surface area (Å²) in [5.74, 6) is -1.18. The van der Waals surface area contributed by atoms with Gasteiger partial charge in [0.05, 0.1) is 0 Å². The summed E-state index contributed by atoms with van der Waals surface area (Å²) in [7, 11) is 0. The Morgan fingerprint density at radius 1 is 1.20 bits per heavy atom. The molecule has 1 amide bonds. The van der Waals surface area contributed by atoms with Crippen molar-refractivity contribution in [2.75, 3.05) is 5.32 Å². The van der Waals surface area contributed by atoms with Gasteiger partial charge in [0.2, 0.25) is 0 Å². The van der Waals surface area contributed by atoms with Crippen LogP contribution >= 0.6 is 27.3 Å². The molecule has 6 heteroatoms. The summed E-state index contributed by atoms with van der Waals surface area (Å²) >= 11 is 4.67. The largest absolute Gasteiger partial charge is 0.478 e. The molecule has 20 heavy (non-hydrogen) atoms. The number of hydrogen-bond acceptors (Lipinski definition) is 3. The zero-order valence-corrected chi connectivity index (χ0v) is 12.6. The van der Waals surface area contributed by atoms with E-state index >= 15 is 0 Å². The number of halogens is 1. The van der Waals surface area contributed by atoms with Gasteiger partial charge in [-0.2, -0.15) is 0 Å².